The molecule has 0 radical (unpaired) electrons. The molecule has 1 amide bonds. The minimum Gasteiger partial charge on any atom is -0.479 e. The fraction of sp³-hybridized carbons (Fsp3) is 0.562. The highest BCUT2D eigenvalue weighted by Gasteiger charge is 2.16. The Labute approximate surface area is 131 Å². The van der Waals surface area contributed by atoms with Crippen LogP contribution in [-0.2, 0) is 4.79 Å². The van der Waals surface area contributed by atoms with E-state index in [-0.39, 0.29) is 5.91 Å². The summed E-state index contributed by atoms with van der Waals surface area (Å²) in [4.78, 5) is 14.4. The van der Waals surface area contributed by atoms with Gasteiger partial charge in [-0.2, -0.15) is 0 Å². The number of ether oxygens (including phenoxy) is 1. The van der Waals surface area contributed by atoms with Gasteiger partial charge in [0, 0.05) is 13.1 Å². The van der Waals surface area contributed by atoms with Crippen molar-refractivity contribution in [3.05, 3.63) is 29.3 Å². The van der Waals surface area contributed by atoms with Crippen molar-refractivity contribution in [2.75, 3.05) is 26.2 Å². The van der Waals surface area contributed by atoms with Crippen LogP contribution < -0.4 is 10.1 Å². The standard InChI is InChI=1S/C16H23ClN2O2/c1-13(21-15-8-4-3-7-14(15)17)16(20)18-9-12-19-10-5-2-6-11-19/h3-4,7-8,13H,2,5-6,9-12H2,1H3,(H,18,20)/t13-/m1/s1. The summed E-state index contributed by atoms with van der Waals surface area (Å²) >= 11 is 6.02. The maximum atomic E-state index is 12.0. The summed E-state index contributed by atoms with van der Waals surface area (Å²) in [5, 5.41) is 3.44. The summed E-state index contributed by atoms with van der Waals surface area (Å²) in [6.45, 7) is 5.59. The molecule has 116 valence electrons. The highest BCUT2D eigenvalue weighted by Crippen LogP contribution is 2.24. The molecule has 21 heavy (non-hydrogen) atoms. The second kappa shape index (κ2) is 8.25. The van der Waals surface area contributed by atoms with Crippen LogP contribution in [0.3, 0.4) is 0 Å². The number of piperidine rings is 1. The van der Waals surface area contributed by atoms with Gasteiger partial charge in [-0.15, -0.1) is 0 Å². The van der Waals surface area contributed by atoms with E-state index in [1.807, 2.05) is 12.1 Å². The first-order chi connectivity index (χ1) is 10.2. The molecule has 1 saturated heterocycles. The number of halogens is 1. The maximum absolute atomic E-state index is 12.0. The van der Waals surface area contributed by atoms with Crippen LogP contribution in [0.2, 0.25) is 5.02 Å². The summed E-state index contributed by atoms with van der Waals surface area (Å²) in [7, 11) is 0. The van der Waals surface area contributed by atoms with Crippen molar-refractivity contribution in [2.45, 2.75) is 32.3 Å². The molecule has 1 aliphatic rings. The number of rotatable bonds is 6. The third-order valence-corrected chi connectivity index (χ3v) is 4.00. The molecular formula is C16H23ClN2O2. The van der Waals surface area contributed by atoms with E-state index in [2.05, 4.69) is 10.2 Å². The first-order valence-corrected chi connectivity index (χ1v) is 7.96. The van der Waals surface area contributed by atoms with E-state index in [0.717, 1.165) is 19.6 Å². The number of carbonyl (C=O) groups excluding carboxylic acids is 1. The lowest BCUT2D eigenvalue weighted by Gasteiger charge is -2.26. The average Bonchev–Trinajstić information content (AvgIpc) is 2.50. The van der Waals surface area contributed by atoms with Gasteiger partial charge in [0.1, 0.15) is 5.75 Å². The van der Waals surface area contributed by atoms with Gasteiger partial charge in [0.15, 0.2) is 6.10 Å². The van der Waals surface area contributed by atoms with E-state index in [1.54, 1.807) is 19.1 Å². The zero-order valence-corrected chi connectivity index (χ0v) is 13.2. The Morgan fingerprint density at radius 1 is 1.33 bits per heavy atom. The van der Waals surface area contributed by atoms with Crippen LogP contribution in [0.1, 0.15) is 26.2 Å². The molecule has 1 N–H and O–H groups in total. The van der Waals surface area contributed by atoms with Crippen LogP contribution in [0.5, 0.6) is 5.75 Å². The van der Waals surface area contributed by atoms with Gasteiger partial charge in [-0.3, -0.25) is 4.79 Å². The van der Waals surface area contributed by atoms with E-state index in [4.69, 9.17) is 16.3 Å². The number of benzene rings is 1. The Morgan fingerprint density at radius 3 is 2.76 bits per heavy atom. The molecule has 1 fully saturated rings. The second-order valence-electron chi connectivity index (χ2n) is 5.38. The molecule has 5 heteroatoms. The number of hydrogen-bond acceptors (Lipinski definition) is 3. The molecule has 0 saturated carbocycles. The van der Waals surface area contributed by atoms with Gasteiger partial charge in [-0.1, -0.05) is 30.2 Å². The Kier molecular flexibility index (Phi) is 6.33. The SMILES string of the molecule is C[C@@H](Oc1ccccc1Cl)C(=O)NCCN1CCCCC1. The molecule has 1 heterocycles. The number of para-hydroxylation sites is 1. The summed E-state index contributed by atoms with van der Waals surface area (Å²) < 4.78 is 5.59. The quantitative estimate of drug-likeness (QED) is 0.878. The Hall–Kier alpha value is -1.26. The zero-order chi connectivity index (χ0) is 15.1. The fourth-order valence-electron chi connectivity index (χ4n) is 2.45. The van der Waals surface area contributed by atoms with Crippen molar-refractivity contribution in [3.8, 4) is 5.75 Å². The van der Waals surface area contributed by atoms with Gasteiger partial charge < -0.3 is 15.0 Å². The van der Waals surface area contributed by atoms with Crippen molar-refractivity contribution in [1.29, 1.82) is 0 Å². The summed E-state index contributed by atoms with van der Waals surface area (Å²) in [5.74, 6) is 0.435. The Bertz CT molecular complexity index is 461. The van der Waals surface area contributed by atoms with Gasteiger partial charge in [0.25, 0.3) is 5.91 Å². The van der Waals surface area contributed by atoms with Crippen molar-refractivity contribution in [2.24, 2.45) is 0 Å². The van der Waals surface area contributed by atoms with Crippen LogP contribution in [0, 0.1) is 0 Å². The fourth-order valence-corrected chi connectivity index (χ4v) is 2.63. The van der Waals surface area contributed by atoms with Gasteiger partial charge in [0.05, 0.1) is 5.02 Å². The Morgan fingerprint density at radius 2 is 2.05 bits per heavy atom. The predicted molar refractivity (Wildman–Crippen MR) is 84.8 cm³/mol. The zero-order valence-electron chi connectivity index (χ0n) is 12.5. The average molecular weight is 311 g/mol. The van der Waals surface area contributed by atoms with Crippen molar-refractivity contribution < 1.29 is 9.53 Å². The molecule has 0 aromatic heterocycles. The highest BCUT2D eigenvalue weighted by atomic mass is 35.5. The van der Waals surface area contributed by atoms with Crippen LogP contribution >= 0.6 is 11.6 Å². The molecule has 1 aliphatic heterocycles. The second-order valence-corrected chi connectivity index (χ2v) is 5.79. The molecule has 0 spiro atoms. The third-order valence-electron chi connectivity index (χ3n) is 3.69. The van der Waals surface area contributed by atoms with E-state index in [1.165, 1.54) is 19.3 Å². The van der Waals surface area contributed by atoms with E-state index < -0.39 is 6.10 Å². The maximum Gasteiger partial charge on any atom is 0.260 e. The lowest BCUT2D eigenvalue weighted by Crippen LogP contribution is -2.42. The van der Waals surface area contributed by atoms with Gasteiger partial charge in [-0.05, 0) is 45.0 Å². The number of amides is 1. The summed E-state index contributed by atoms with van der Waals surface area (Å²) in [5.41, 5.74) is 0. The van der Waals surface area contributed by atoms with E-state index in [0.29, 0.717) is 17.3 Å². The minimum absolute atomic E-state index is 0.105. The number of nitrogens with one attached hydrogen (secondary N) is 1. The molecule has 0 aliphatic carbocycles. The van der Waals surface area contributed by atoms with E-state index in [9.17, 15) is 4.79 Å². The predicted octanol–water partition coefficient (Wildman–Crippen LogP) is 2.71. The third kappa shape index (κ3) is 5.21. The first-order valence-electron chi connectivity index (χ1n) is 7.58. The smallest absolute Gasteiger partial charge is 0.260 e. The summed E-state index contributed by atoms with van der Waals surface area (Å²) in [6, 6.07) is 7.18. The molecule has 4 nitrogen and oxygen atoms in total. The molecule has 1 aromatic carbocycles. The molecular weight excluding hydrogens is 288 g/mol. The Balaban J connectivity index is 1.71. The number of hydrogen-bond donors (Lipinski definition) is 1. The van der Waals surface area contributed by atoms with Crippen LogP contribution in [0.4, 0.5) is 0 Å². The molecule has 1 aromatic rings. The van der Waals surface area contributed by atoms with Gasteiger partial charge in [-0.25, -0.2) is 0 Å². The van der Waals surface area contributed by atoms with Crippen molar-refractivity contribution in [3.63, 3.8) is 0 Å². The highest BCUT2D eigenvalue weighted by molar-refractivity contribution is 6.32. The van der Waals surface area contributed by atoms with Gasteiger partial charge in [0.2, 0.25) is 0 Å². The largest absolute Gasteiger partial charge is 0.479 e. The minimum atomic E-state index is -0.550. The number of nitrogens with zero attached hydrogens (tertiary/aromatic N) is 1. The summed E-state index contributed by atoms with van der Waals surface area (Å²) in [6.07, 6.45) is 3.30. The van der Waals surface area contributed by atoms with Crippen molar-refractivity contribution >= 4 is 17.5 Å². The lowest BCUT2D eigenvalue weighted by molar-refractivity contribution is -0.127. The van der Waals surface area contributed by atoms with Crippen LogP contribution in [0.25, 0.3) is 0 Å². The molecule has 0 bridgehead atoms. The molecule has 1 atom stereocenters. The normalized spacial score (nSPS) is 17.2. The molecule has 0 unspecified atom stereocenters. The topological polar surface area (TPSA) is 41.6 Å². The first kappa shape index (κ1) is 16.1. The van der Waals surface area contributed by atoms with Crippen LogP contribution in [-0.4, -0.2) is 43.1 Å². The molecule has 2 rings (SSSR count). The van der Waals surface area contributed by atoms with Crippen LogP contribution in [0.15, 0.2) is 24.3 Å². The van der Waals surface area contributed by atoms with E-state index >= 15 is 0 Å². The monoisotopic (exact) mass is 310 g/mol. The van der Waals surface area contributed by atoms with Gasteiger partial charge >= 0.3 is 0 Å². The number of carbonyl (C=O) groups is 1. The van der Waals surface area contributed by atoms with Crippen molar-refractivity contribution in [1.82, 2.24) is 10.2 Å². The lowest BCUT2D eigenvalue weighted by atomic mass is 10.1. The number of likely N-dealkylation sites (tertiary alicyclic amines) is 1.